The Labute approximate surface area is 199 Å². The van der Waals surface area contributed by atoms with Crippen LogP contribution in [0.25, 0.3) is 0 Å². The number of pyridine rings is 1. The van der Waals surface area contributed by atoms with Crippen LogP contribution in [0.15, 0.2) is 43.1 Å². The van der Waals surface area contributed by atoms with Gasteiger partial charge >= 0.3 is 0 Å². The minimum atomic E-state index is -0.0167. The summed E-state index contributed by atoms with van der Waals surface area (Å²) in [6, 6.07) is 8.34. The summed E-state index contributed by atoms with van der Waals surface area (Å²) >= 11 is 5.85. The van der Waals surface area contributed by atoms with Crippen LogP contribution in [-0.4, -0.2) is 78.8 Å². The number of rotatable bonds is 7. The molecule has 10 heteroatoms. The van der Waals surface area contributed by atoms with Crippen molar-refractivity contribution >= 4 is 17.3 Å². The quantitative estimate of drug-likeness (QED) is 0.531. The van der Waals surface area contributed by atoms with Gasteiger partial charge in [-0.2, -0.15) is 0 Å². The number of thiocarbonyl (C=S) groups is 1. The molecule has 9 nitrogen and oxygen atoms in total. The van der Waals surface area contributed by atoms with E-state index in [0.29, 0.717) is 0 Å². The Kier molecular flexibility index (Phi) is 6.39. The maximum Gasteiger partial charge on any atom is 0.170 e. The van der Waals surface area contributed by atoms with Gasteiger partial charge in [0.25, 0.3) is 0 Å². The van der Waals surface area contributed by atoms with Crippen molar-refractivity contribution in [3.8, 4) is 0 Å². The zero-order valence-electron chi connectivity index (χ0n) is 19.1. The molecule has 0 saturated carbocycles. The van der Waals surface area contributed by atoms with Gasteiger partial charge in [0.1, 0.15) is 12.7 Å². The molecule has 0 amide bonds. The molecular weight excluding hydrogens is 436 g/mol. The van der Waals surface area contributed by atoms with Crippen molar-refractivity contribution in [2.24, 2.45) is 0 Å². The fourth-order valence-corrected chi connectivity index (χ4v) is 5.34. The van der Waals surface area contributed by atoms with Crippen LogP contribution in [0.2, 0.25) is 0 Å². The fourth-order valence-electron chi connectivity index (χ4n) is 5.01. The van der Waals surface area contributed by atoms with Gasteiger partial charge in [-0.15, -0.1) is 10.2 Å². The topological polar surface area (TPSA) is 76.3 Å². The monoisotopic (exact) mass is 466 g/mol. The number of nitrogens with one attached hydrogen (secondary N) is 1. The number of hydrogen-bond donors (Lipinski definition) is 1. The van der Waals surface area contributed by atoms with E-state index in [9.17, 15) is 0 Å². The third-order valence-electron chi connectivity index (χ3n) is 6.56. The molecule has 0 radical (unpaired) electrons. The molecule has 1 N–H and O–H groups in total. The lowest BCUT2D eigenvalue weighted by atomic mass is 9.96. The third kappa shape index (κ3) is 4.38. The van der Waals surface area contributed by atoms with E-state index >= 15 is 0 Å². The van der Waals surface area contributed by atoms with Crippen LogP contribution in [0.4, 0.5) is 0 Å². The molecule has 0 aliphatic carbocycles. The first-order chi connectivity index (χ1) is 16.1. The largest absolute Gasteiger partial charge is 0.379 e. The molecule has 3 aromatic heterocycles. The van der Waals surface area contributed by atoms with E-state index in [1.807, 2.05) is 23.0 Å². The molecular formula is C23H30N8OS. The first-order valence-electron chi connectivity index (χ1n) is 11.5. The minimum Gasteiger partial charge on any atom is -0.379 e. The molecule has 0 bridgehead atoms. The molecule has 5 heterocycles. The SMILES string of the molecule is Cc1cc(C2C(c3ccccn3)NC(=S)N2CCCN2CCOCC2)c(C)n1-n1cnnc1. The third-order valence-corrected chi connectivity index (χ3v) is 6.92. The molecule has 0 spiro atoms. The molecule has 2 atom stereocenters. The summed E-state index contributed by atoms with van der Waals surface area (Å²) in [6.07, 6.45) is 6.32. The van der Waals surface area contributed by atoms with E-state index in [4.69, 9.17) is 17.0 Å². The van der Waals surface area contributed by atoms with E-state index in [1.54, 1.807) is 12.7 Å². The zero-order valence-corrected chi connectivity index (χ0v) is 19.9. The molecule has 2 fully saturated rings. The number of aromatic nitrogens is 5. The second kappa shape index (κ2) is 9.58. The van der Waals surface area contributed by atoms with Crippen molar-refractivity contribution in [3.63, 3.8) is 0 Å². The molecule has 2 saturated heterocycles. The number of ether oxygens (including phenoxy) is 1. The molecule has 174 valence electrons. The molecule has 2 aliphatic rings. The van der Waals surface area contributed by atoms with Gasteiger partial charge in [0.15, 0.2) is 5.11 Å². The van der Waals surface area contributed by atoms with Crippen molar-refractivity contribution < 1.29 is 4.74 Å². The van der Waals surface area contributed by atoms with E-state index in [-0.39, 0.29) is 12.1 Å². The van der Waals surface area contributed by atoms with Gasteiger partial charge in [0, 0.05) is 49.3 Å². The van der Waals surface area contributed by atoms with Crippen LogP contribution in [0, 0.1) is 13.8 Å². The normalized spacial score (nSPS) is 21.5. The lowest BCUT2D eigenvalue weighted by Crippen LogP contribution is -2.39. The smallest absolute Gasteiger partial charge is 0.170 e. The van der Waals surface area contributed by atoms with Gasteiger partial charge in [0.05, 0.1) is 31.0 Å². The van der Waals surface area contributed by atoms with Gasteiger partial charge in [-0.1, -0.05) is 6.07 Å². The predicted molar refractivity (Wildman–Crippen MR) is 129 cm³/mol. The summed E-state index contributed by atoms with van der Waals surface area (Å²) in [6.45, 7) is 9.83. The number of hydrogen-bond acceptors (Lipinski definition) is 6. The lowest BCUT2D eigenvalue weighted by Gasteiger charge is -2.30. The van der Waals surface area contributed by atoms with Crippen molar-refractivity contribution in [1.29, 1.82) is 0 Å². The Morgan fingerprint density at radius 2 is 1.91 bits per heavy atom. The Balaban J connectivity index is 1.45. The minimum absolute atomic E-state index is 0.0167. The van der Waals surface area contributed by atoms with E-state index < -0.39 is 0 Å². The van der Waals surface area contributed by atoms with Crippen LogP contribution in [-0.2, 0) is 4.74 Å². The van der Waals surface area contributed by atoms with Crippen molar-refractivity contribution in [3.05, 3.63) is 65.8 Å². The highest BCUT2D eigenvalue weighted by Crippen LogP contribution is 2.40. The molecule has 33 heavy (non-hydrogen) atoms. The average Bonchev–Trinajstić information content (AvgIpc) is 3.54. The van der Waals surface area contributed by atoms with Crippen molar-refractivity contribution in [1.82, 2.24) is 39.7 Å². The Morgan fingerprint density at radius 1 is 1.12 bits per heavy atom. The summed E-state index contributed by atoms with van der Waals surface area (Å²) in [5, 5.41) is 12.3. The van der Waals surface area contributed by atoms with Crippen LogP contribution in [0.5, 0.6) is 0 Å². The van der Waals surface area contributed by atoms with Crippen LogP contribution >= 0.6 is 12.2 Å². The van der Waals surface area contributed by atoms with E-state index in [0.717, 1.165) is 68.0 Å². The van der Waals surface area contributed by atoms with Gasteiger partial charge in [-0.25, -0.2) is 4.68 Å². The van der Waals surface area contributed by atoms with Crippen LogP contribution < -0.4 is 5.32 Å². The highest BCUT2D eigenvalue weighted by molar-refractivity contribution is 7.80. The number of nitrogens with zero attached hydrogens (tertiary/aromatic N) is 7. The summed E-state index contributed by atoms with van der Waals surface area (Å²) in [7, 11) is 0. The number of aryl methyl sites for hydroxylation is 1. The first-order valence-corrected chi connectivity index (χ1v) is 11.9. The Bertz CT molecular complexity index is 1080. The van der Waals surface area contributed by atoms with E-state index in [2.05, 4.69) is 61.0 Å². The molecule has 5 rings (SSSR count). The highest BCUT2D eigenvalue weighted by atomic mass is 32.1. The summed E-state index contributed by atoms with van der Waals surface area (Å²) in [5.41, 5.74) is 4.49. The Morgan fingerprint density at radius 3 is 2.64 bits per heavy atom. The molecule has 2 aliphatic heterocycles. The standard InChI is InChI=1S/C23H30N8OS/c1-17-14-19(18(2)31(17)29-15-25-26-16-29)22-21(20-6-3-4-7-24-20)27-23(33)30(22)9-5-8-28-10-12-32-13-11-28/h3-4,6-7,14-16,21-22H,5,8-13H2,1-2H3,(H,27,33). The molecule has 2 unspecified atom stereocenters. The second-order valence-electron chi connectivity index (χ2n) is 8.61. The van der Waals surface area contributed by atoms with Crippen molar-refractivity contribution in [2.45, 2.75) is 32.4 Å². The second-order valence-corrected chi connectivity index (χ2v) is 8.99. The lowest BCUT2D eigenvalue weighted by molar-refractivity contribution is 0.0365. The van der Waals surface area contributed by atoms with Gasteiger partial charge < -0.3 is 15.0 Å². The first kappa shape index (κ1) is 22.0. The van der Waals surface area contributed by atoms with Crippen molar-refractivity contribution in [2.75, 3.05) is 39.4 Å². The molecule has 0 aromatic carbocycles. The zero-order chi connectivity index (χ0) is 22.8. The average molecular weight is 467 g/mol. The van der Waals surface area contributed by atoms with Gasteiger partial charge in [0.2, 0.25) is 0 Å². The summed E-state index contributed by atoms with van der Waals surface area (Å²) in [4.78, 5) is 9.48. The Hall–Kier alpha value is -2.82. The maximum absolute atomic E-state index is 5.85. The number of morpholine rings is 1. The van der Waals surface area contributed by atoms with Crippen LogP contribution in [0.3, 0.4) is 0 Å². The maximum atomic E-state index is 5.85. The summed E-state index contributed by atoms with van der Waals surface area (Å²) in [5.74, 6) is 0. The highest BCUT2D eigenvalue weighted by Gasteiger charge is 2.41. The molecule has 3 aromatic rings. The van der Waals surface area contributed by atoms with Crippen LogP contribution in [0.1, 0.15) is 41.1 Å². The van der Waals surface area contributed by atoms with Gasteiger partial charge in [-0.05, 0) is 50.7 Å². The van der Waals surface area contributed by atoms with E-state index in [1.165, 1.54) is 5.56 Å². The summed E-state index contributed by atoms with van der Waals surface area (Å²) < 4.78 is 9.54. The predicted octanol–water partition coefficient (Wildman–Crippen LogP) is 2.10. The fraction of sp³-hybridized carbons (Fsp3) is 0.478. The van der Waals surface area contributed by atoms with Gasteiger partial charge in [-0.3, -0.25) is 14.6 Å².